The molecule has 1 fully saturated rings. The number of benzene rings is 4. The molecule has 4 aromatic carbocycles. The maximum absolute atomic E-state index is 13.2. The second kappa shape index (κ2) is 12.2. The Morgan fingerprint density at radius 1 is 0.900 bits per heavy atom. The summed E-state index contributed by atoms with van der Waals surface area (Å²) in [5, 5.41) is 2.88. The van der Waals surface area contributed by atoms with E-state index in [9.17, 15) is 9.59 Å². The number of aryl methyl sites for hydroxylation is 2. The summed E-state index contributed by atoms with van der Waals surface area (Å²) in [6.07, 6.45) is 1.79. The highest BCUT2D eigenvalue weighted by Gasteiger charge is 2.33. The number of carbonyl (C=O) groups is 2. The fourth-order valence-electron chi connectivity index (χ4n) is 4.00. The summed E-state index contributed by atoms with van der Waals surface area (Å²) >= 11 is 6.76. The Hall–Kier alpha value is -4.40. The van der Waals surface area contributed by atoms with Crippen LogP contribution in [0.4, 0.5) is 11.4 Å². The summed E-state index contributed by atoms with van der Waals surface area (Å²) in [5.74, 6) is 1.54. The minimum absolute atomic E-state index is 0.111. The Balaban J connectivity index is 1.19. The van der Waals surface area contributed by atoms with Crippen molar-refractivity contribution in [2.75, 3.05) is 16.8 Å². The van der Waals surface area contributed by atoms with Gasteiger partial charge in [0.15, 0.2) is 10.9 Å². The third kappa shape index (κ3) is 6.59. The van der Waals surface area contributed by atoms with E-state index in [1.807, 2.05) is 98.8 Å². The maximum atomic E-state index is 13.2. The van der Waals surface area contributed by atoms with Crippen molar-refractivity contribution in [2.45, 2.75) is 13.8 Å². The number of para-hydroxylation sites is 1. The number of rotatable bonds is 8. The van der Waals surface area contributed by atoms with E-state index in [1.54, 1.807) is 18.2 Å². The lowest BCUT2D eigenvalue weighted by molar-refractivity contribution is -0.118. The Labute approximate surface area is 242 Å². The van der Waals surface area contributed by atoms with Crippen molar-refractivity contribution in [1.82, 2.24) is 0 Å². The summed E-state index contributed by atoms with van der Waals surface area (Å²) in [5.41, 5.74) is 4.33. The van der Waals surface area contributed by atoms with Crippen LogP contribution < -0.4 is 19.7 Å². The van der Waals surface area contributed by atoms with Crippen LogP contribution in [0.1, 0.15) is 16.7 Å². The molecular formula is C32H26N2O4S2. The molecule has 1 saturated heterocycles. The van der Waals surface area contributed by atoms with Crippen LogP contribution in [-0.4, -0.2) is 22.7 Å². The van der Waals surface area contributed by atoms with Crippen molar-refractivity contribution < 1.29 is 19.1 Å². The van der Waals surface area contributed by atoms with E-state index in [1.165, 1.54) is 16.7 Å². The average molecular weight is 567 g/mol. The average Bonchev–Trinajstić information content (AvgIpc) is 3.23. The smallest absolute Gasteiger partial charge is 0.270 e. The molecule has 40 heavy (non-hydrogen) atoms. The lowest BCUT2D eigenvalue weighted by Crippen LogP contribution is -2.27. The van der Waals surface area contributed by atoms with Gasteiger partial charge in [-0.1, -0.05) is 66.4 Å². The molecular weight excluding hydrogens is 540 g/mol. The van der Waals surface area contributed by atoms with Crippen LogP contribution in [0.15, 0.2) is 102 Å². The molecule has 0 bridgehead atoms. The first-order valence-electron chi connectivity index (χ1n) is 12.6. The largest absolute Gasteiger partial charge is 0.484 e. The predicted molar refractivity (Wildman–Crippen MR) is 165 cm³/mol. The monoisotopic (exact) mass is 566 g/mol. The van der Waals surface area contributed by atoms with Crippen LogP contribution in [0, 0.1) is 13.8 Å². The van der Waals surface area contributed by atoms with Crippen LogP contribution in [-0.2, 0) is 9.59 Å². The SMILES string of the molecule is Cc1ccc(C)c(NC(=O)COc2ccc(/C=C3\SC(=S)N(c4ccc(Oc5ccccc5)cc4)C3=O)cc2)c1. The van der Waals surface area contributed by atoms with Gasteiger partial charge >= 0.3 is 0 Å². The molecule has 2 amide bonds. The molecule has 0 spiro atoms. The Morgan fingerprint density at radius 2 is 1.57 bits per heavy atom. The molecule has 4 aromatic rings. The quantitative estimate of drug-likeness (QED) is 0.176. The van der Waals surface area contributed by atoms with Crippen LogP contribution in [0.5, 0.6) is 17.2 Å². The number of hydrogen-bond acceptors (Lipinski definition) is 6. The van der Waals surface area contributed by atoms with Gasteiger partial charge in [0.1, 0.15) is 17.2 Å². The number of hydrogen-bond donors (Lipinski definition) is 1. The number of ether oxygens (including phenoxy) is 2. The fourth-order valence-corrected chi connectivity index (χ4v) is 5.29. The first kappa shape index (κ1) is 27.2. The van der Waals surface area contributed by atoms with Crippen LogP contribution >= 0.6 is 24.0 Å². The van der Waals surface area contributed by atoms with Crippen molar-refractivity contribution in [3.63, 3.8) is 0 Å². The van der Waals surface area contributed by atoms with Gasteiger partial charge in [-0.3, -0.25) is 14.5 Å². The van der Waals surface area contributed by atoms with Gasteiger partial charge in [-0.2, -0.15) is 0 Å². The molecule has 0 aromatic heterocycles. The van der Waals surface area contributed by atoms with Crippen LogP contribution in [0.2, 0.25) is 0 Å². The van der Waals surface area contributed by atoms with Gasteiger partial charge in [0.05, 0.1) is 10.6 Å². The highest BCUT2D eigenvalue weighted by Crippen LogP contribution is 2.37. The van der Waals surface area contributed by atoms with Crippen molar-refractivity contribution in [3.05, 3.63) is 119 Å². The molecule has 6 nitrogen and oxygen atoms in total. The molecule has 1 heterocycles. The molecule has 0 saturated carbocycles. The van der Waals surface area contributed by atoms with Crippen LogP contribution in [0.25, 0.3) is 6.08 Å². The predicted octanol–water partition coefficient (Wildman–Crippen LogP) is 7.52. The minimum atomic E-state index is -0.235. The second-order valence-corrected chi connectivity index (χ2v) is 10.8. The van der Waals surface area contributed by atoms with E-state index in [2.05, 4.69) is 5.32 Å². The molecule has 0 atom stereocenters. The van der Waals surface area contributed by atoms with E-state index in [0.29, 0.717) is 26.4 Å². The second-order valence-electron chi connectivity index (χ2n) is 9.15. The summed E-state index contributed by atoms with van der Waals surface area (Å²) in [7, 11) is 0. The normalized spacial score (nSPS) is 13.9. The topological polar surface area (TPSA) is 67.9 Å². The summed E-state index contributed by atoms with van der Waals surface area (Å²) in [4.78, 5) is 27.6. The zero-order chi connectivity index (χ0) is 28.1. The lowest BCUT2D eigenvalue weighted by atomic mass is 10.1. The zero-order valence-corrected chi connectivity index (χ0v) is 23.6. The van der Waals surface area contributed by atoms with Crippen molar-refractivity contribution >= 4 is 57.6 Å². The van der Waals surface area contributed by atoms with Gasteiger partial charge in [0, 0.05) is 5.69 Å². The number of anilines is 2. The number of carbonyl (C=O) groups excluding carboxylic acids is 2. The highest BCUT2D eigenvalue weighted by atomic mass is 32.2. The summed E-state index contributed by atoms with van der Waals surface area (Å²) in [6.45, 7) is 3.81. The van der Waals surface area contributed by atoms with E-state index < -0.39 is 0 Å². The van der Waals surface area contributed by atoms with Gasteiger partial charge in [0.25, 0.3) is 11.8 Å². The van der Waals surface area contributed by atoms with E-state index in [-0.39, 0.29) is 18.4 Å². The first-order chi connectivity index (χ1) is 19.4. The molecule has 8 heteroatoms. The van der Waals surface area contributed by atoms with Gasteiger partial charge < -0.3 is 14.8 Å². The molecule has 5 rings (SSSR count). The molecule has 1 aliphatic heterocycles. The number of thiocarbonyl (C=S) groups is 1. The van der Waals surface area contributed by atoms with E-state index >= 15 is 0 Å². The Morgan fingerprint density at radius 3 is 2.30 bits per heavy atom. The minimum Gasteiger partial charge on any atom is -0.484 e. The molecule has 1 aliphatic rings. The standard InChI is InChI=1S/C32H26N2O4S2/c1-21-8-9-22(2)28(18-21)33-30(35)20-37-25-14-10-23(11-15-25)19-29-31(36)34(32(39)40-29)24-12-16-27(17-13-24)38-26-6-4-3-5-7-26/h3-19H,20H2,1-2H3,(H,33,35)/b29-19-. The van der Waals surface area contributed by atoms with Crippen LogP contribution in [0.3, 0.4) is 0 Å². The fraction of sp³-hybridized carbons (Fsp3) is 0.0938. The zero-order valence-electron chi connectivity index (χ0n) is 21.9. The van der Waals surface area contributed by atoms with Crippen molar-refractivity contribution in [1.29, 1.82) is 0 Å². The van der Waals surface area contributed by atoms with Crippen molar-refractivity contribution in [2.24, 2.45) is 0 Å². The molecule has 0 aliphatic carbocycles. The number of thioether (sulfide) groups is 1. The highest BCUT2D eigenvalue weighted by molar-refractivity contribution is 8.27. The number of nitrogens with one attached hydrogen (secondary N) is 1. The third-order valence-electron chi connectivity index (χ3n) is 6.08. The number of nitrogens with zero attached hydrogens (tertiary/aromatic N) is 1. The van der Waals surface area contributed by atoms with Crippen molar-refractivity contribution in [3.8, 4) is 17.2 Å². The van der Waals surface area contributed by atoms with Gasteiger partial charge in [0.2, 0.25) is 0 Å². The summed E-state index contributed by atoms with van der Waals surface area (Å²) < 4.78 is 12.0. The maximum Gasteiger partial charge on any atom is 0.270 e. The lowest BCUT2D eigenvalue weighted by Gasteiger charge is -2.15. The summed E-state index contributed by atoms with van der Waals surface area (Å²) in [6, 6.07) is 29.8. The molecule has 1 N–H and O–H groups in total. The van der Waals surface area contributed by atoms with Gasteiger partial charge in [-0.15, -0.1) is 0 Å². The molecule has 0 unspecified atom stereocenters. The molecule has 200 valence electrons. The van der Waals surface area contributed by atoms with E-state index in [4.69, 9.17) is 21.7 Å². The van der Waals surface area contributed by atoms with E-state index in [0.717, 1.165) is 28.1 Å². The Kier molecular flexibility index (Phi) is 8.28. The third-order valence-corrected chi connectivity index (χ3v) is 7.38. The molecule has 0 radical (unpaired) electrons. The first-order valence-corrected chi connectivity index (χ1v) is 13.8. The number of amides is 2. The van der Waals surface area contributed by atoms with Gasteiger partial charge in [-0.25, -0.2) is 0 Å². The Bertz CT molecular complexity index is 1580. The van der Waals surface area contributed by atoms with Gasteiger partial charge in [-0.05, 0) is 91.2 Å².